The number of carbonyl (C=O) groups excluding carboxylic acids is 1. The molecule has 1 amide bonds. The molecule has 23 heavy (non-hydrogen) atoms. The molecule has 5 heteroatoms. The van der Waals surface area contributed by atoms with Crippen LogP contribution in [0.2, 0.25) is 0 Å². The maximum absolute atomic E-state index is 11.1. The number of ether oxygens (including phenoxy) is 3. The fourth-order valence-corrected chi connectivity index (χ4v) is 1.87. The van der Waals surface area contributed by atoms with Gasteiger partial charge in [-0.05, 0) is 25.7 Å². The van der Waals surface area contributed by atoms with Gasteiger partial charge in [-0.15, -0.1) is 0 Å². The van der Waals surface area contributed by atoms with Crippen LogP contribution in [0.5, 0.6) is 0 Å². The molecular weight excluding hydrogens is 294 g/mol. The maximum atomic E-state index is 11.1. The van der Waals surface area contributed by atoms with Crippen molar-refractivity contribution in [3.05, 3.63) is 0 Å². The lowest BCUT2D eigenvalue weighted by Crippen LogP contribution is -2.27. The summed E-state index contributed by atoms with van der Waals surface area (Å²) in [5.74, 6) is -0.0511. The Morgan fingerprint density at radius 3 is 1.91 bits per heavy atom. The van der Waals surface area contributed by atoms with Gasteiger partial charge in [0.1, 0.15) is 6.61 Å². The van der Waals surface area contributed by atoms with Crippen LogP contribution in [-0.2, 0) is 19.0 Å². The molecule has 5 nitrogen and oxygen atoms in total. The van der Waals surface area contributed by atoms with E-state index in [1.807, 2.05) is 13.8 Å². The predicted molar refractivity (Wildman–Crippen MR) is 95.9 cm³/mol. The van der Waals surface area contributed by atoms with Gasteiger partial charge in [-0.3, -0.25) is 4.79 Å². The van der Waals surface area contributed by atoms with Crippen molar-refractivity contribution in [1.82, 2.24) is 5.32 Å². The summed E-state index contributed by atoms with van der Waals surface area (Å²) in [5, 5.41) is 2.80. The zero-order valence-corrected chi connectivity index (χ0v) is 15.8. The third kappa shape index (κ3) is 23.7. The molecular formula is C18H39NO4. The number of methoxy groups -OCH3 is 1. The van der Waals surface area contributed by atoms with Crippen molar-refractivity contribution in [3.8, 4) is 0 Å². The highest BCUT2D eigenvalue weighted by atomic mass is 16.5. The van der Waals surface area contributed by atoms with Crippen LogP contribution in [0.3, 0.4) is 0 Å². The van der Waals surface area contributed by atoms with E-state index in [-0.39, 0.29) is 12.5 Å². The van der Waals surface area contributed by atoms with Gasteiger partial charge in [0, 0.05) is 26.9 Å². The topological polar surface area (TPSA) is 56.8 Å². The Labute approximate surface area is 143 Å². The minimum Gasteiger partial charge on any atom is -0.379 e. The molecule has 0 aromatic carbocycles. The summed E-state index contributed by atoms with van der Waals surface area (Å²) in [6.45, 7) is 10.1. The number of rotatable bonds is 16. The van der Waals surface area contributed by atoms with Crippen molar-refractivity contribution in [1.29, 1.82) is 0 Å². The molecule has 0 rings (SSSR count). The van der Waals surface area contributed by atoms with Crippen molar-refractivity contribution in [2.45, 2.75) is 65.7 Å². The summed E-state index contributed by atoms with van der Waals surface area (Å²) in [4.78, 5) is 11.1. The van der Waals surface area contributed by atoms with Gasteiger partial charge in [-0.25, -0.2) is 0 Å². The highest BCUT2D eigenvalue weighted by Crippen LogP contribution is 1.99. The molecule has 140 valence electrons. The number of hydrogen-bond donors (Lipinski definition) is 1. The highest BCUT2D eigenvalue weighted by molar-refractivity contribution is 5.77. The van der Waals surface area contributed by atoms with E-state index in [1.165, 1.54) is 26.4 Å². The number of amides is 1. The minimum atomic E-state index is -0.0511. The third-order valence-corrected chi connectivity index (χ3v) is 3.08. The molecule has 0 atom stereocenters. The van der Waals surface area contributed by atoms with E-state index >= 15 is 0 Å². The van der Waals surface area contributed by atoms with E-state index in [0.717, 1.165) is 38.9 Å². The average Bonchev–Trinajstić information content (AvgIpc) is 2.57. The monoisotopic (exact) mass is 333 g/mol. The second kappa shape index (κ2) is 23.6. The lowest BCUT2D eigenvalue weighted by molar-refractivity contribution is -0.124. The Kier molecular flexibility index (Phi) is 25.3. The molecule has 1 N–H and O–H groups in total. The van der Waals surface area contributed by atoms with E-state index in [2.05, 4.69) is 12.2 Å². The molecule has 0 bridgehead atoms. The van der Waals surface area contributed by atoms with Crippen LogP contribution in [0.4, 0.5) is 0 Å². The van der Waals surface area contributed by atoms with Gasteiger partial charge in [0.15, 0.2) is 0 Å². The summed E-state index contributed by atoms with van der Waals surface area (Å²) >= 11 is 0. The van der Waals surface area contributed by atoms with Crippen LogP contribution in [0.1, 0.15) is 65.7 Å². The molecule has 0 aliphatic rings. The van der Waals surface area contributed by atoms with Crippen LogP contribution >= 0.6 is 0 Å². The van der Waals surface area contributed by atoms with Gasteiger partial charge in [-0.1, -0.05) is 40.0 Å². The highest BCUT2D eigenvalue weighted by Gasteiger charge is 1.98. The first-order chi connectivity index (χ1) is 11.3. The fourth-order valence-electron chi connectivity index (χ4n) is 1.87. The lowest BCUT2D eigenvalue weighted by atomic mass is 10.2. The predicted octanol–water partition coefficient (Wildman–Crippen LogP) is 3.56. The van der Waals surface area contributed by atoms with E-state index in [9.17, 15) is 4.79 Å². The van der Waals surface area contributed by atoms with Gasteiger partial charge < -0.3 is 19.5 Å². The SMILES string of the molecule is CC.CCCCCCOCCOCCCCCNC(=O)COC. The number of unbranched alkanes of at least 4 members (excludes halogenated alkanes) is 5. The minimum absolute atomic E-state index is 0.0511. The maximum Gasteiger partial charge on any atom is 0.245 e. The van der Waals surface area contributed by atoms with Crippen molar-refractivity contribution in [2.24, 2.45) is 0 Å². The van der Waals surface area contributed by atoms with Crippen LogP contribution in [-0.4, -0.2) is 52.6 Å². The molecule has 0 aliphatic heterocycles. The Bertz CT molecular complexity index is 225. The lowest BCUT2D eigenvalue weighted by Gasteiger charge is -2.06. The first-order valence-corrected chi connectivity index (χ1v) is 9.22. The Morgan fingerprint density at radius 2 is 1.39 bits per heavy atom. The van der Waals surface area contributed by atoms with Gasteiger partial charge >= 0.3 is 0 Å². The van der Waals surface area contributed by atoms with Crippen LogP contribution in [0.25, 0.3) is 0 Å². The van der Waals surface area contributed by atoms with E-state index in [1.54, 1.807) is 0 Å². The molecule has 0 radical (unpaired) electrons. The molecule has 0 fully saturated rings. The van der Waals surface area contributed by atoms with Gasteiger partial charge in [-0.2, -0.15) is 0 Å². The standard InChI is InChI=1S/C16H33NO4.C2H6/c1-3-4-5-8-11-20-13-14-21-12-9-6-7-10-17-16(18)15-19-2;1-2/h3-15H2,1-2H3,(H,17,18);1-2H3. The Morgan fingerprint density at radius 1 is 0.826 bits per heavy atom. The molecule has 0 unspecified atom stereocenters. The van der Waals surface area contributed by atoms with Crippen molar-refractivity contribution >= 4 is 5.91 Å². The van der Waals surface area contributed by atoms with Crippen molar-refractivity contribution < 1.29 is 19.0 Å². The average molecular weight is 334 g/mol. The summed E-state index contributed by atoms with van der Waals surface area (Å²) in [6.07, 6.45) is 8.04. The first-order valence-electron chi connectivity index (χ1n) is 9.22. The fraction of sp³-hybridized carbons (Fsp3) is 0.944. The zero-order chi connectivity index (χ0) is 17.6. The van der Waals surface area contributed by atoms with Gasteiger partial charge in [0.2, 0.25) is 5.91 Å². The van der Waals surface area contributed by atoms with Gasteiger partial charge in [0.05, 0.1) is 13.2 Å². The smallest absolute Gasteiger partial charge is 0.245 e. The van der Waals surface area contributed by atoms with Crippen molar-refractivity contribution in [2.75, 3.05) is 46.7 Å². The first kappa shape index (κ1) is 24.6. The molecule has 0 spiro atoms. The summed E-state index contributed by atoms with van der Waals surface area (Å²) in [7, 11) is 1.52. The molecule has 0 saturated carbocycles. The van der Waals surface area contributed by atoms with Crippen LogP contribution in [0.15, 0.2) is 0 Å². The second-order valence-corrected chi connectivity index (χ2v) is 5.13. The third-order valence-electron chi connectivity index (χ3n) is 3.08. The van der Waals surface area contributed by atoms with Gasteiger partial charge in [0.25, 0.3) is 0 Å². The normalized spacial score (nSPS) is 10.1. The van der Waals surface area contributed by atoms with E-state index in [0.29, 0.717) is 19.8 Å². The van der Waals surface area contributed by atoms with Crippen LogP contribution in [0, 0.1) is 0 Å². The van der Waals surface area contributed by atoms with Crippen molar-refractivity contribution in [3.63, 3.8) is 0 Å². The molecule has 0 aliphatic carbocycles. The number of carbonyl (C=O) groups is 1. The molecule has 0 aromatic rings. The summed E-state index contributed by atoms with van der Waals surface area (Å²) < 4.78 is 15.7. The summed E-state index contributed by atoms with van der Waals surface area (Å²) in [6, 6.07) is 0. The Hall–Kier alpha value is -0.650. The molecule has 0 aromatic heterocycles. The zero-order valence-electron chi connectivity index (χ0n) is 15.8. The number of nitrogens with one attached hydrogen (secondary N) is 1. The van der Waals surface area contributed by atoms with E-state index < -0.39 is 0 Å². The summed E-state index contributed by atoms with van der Waals surface area (Å²) in [5.41, 5.74) is 0. The molecule has 0 heterocycles. The van der Waals surface area contributed by atoms with E-state index in [4.69, 9.17) is 14.2 Å². The van der Waals surface area contributed by atoms with Crippen LogP contribution < -0.4 is 5.32 Å². The second-order valence-electron chi connectivity index (χ2n) is 5.13. The molecule has 0 saturated heterocycles. The Balaban J connectivity index is 0. The quantitative estimate of drug-likeness (QED) is 0.439. The largest absolute Gasteiger partial charge is 0.379 e. The number of hydrogen-bond acceptors (Lipinski definition) is 4.